The first kappa shape index (κ1) is 21.9. The Morgan fingerprint density at radius 2 is 1.94 bits per heavy atom. The highest BCUT2D eigenvalue weighted by atomic mass is 32.2. The monoisotopic (exact) mass is 445 g/mol. The molecule has 1 fully saturated rings. The minimum atomic E-state index is -0.111. The molecule has 1 aromatic carbocycles. The van der Waals surface area contributed by atoms with Crippen LogP contribution >= 0.6 is 11.8 Å². The number of ether oxygens (including phenoxy) is 2. The summed E-state index contributed by atoms with van der Waals surface area (Å²) in [7, 11) is 0. The first-order valence-corrected chi connectivity index (χ1v) is 12.2. The van der Waals surface area contributed by atoms with Crippen LogP contribution in [0.4, 0.5) is 0 Å². The average molecular weight is 446 g/mol. The van der Waals surface area contributed by atoms with E-state index in [9.17, 15) is 4.79 Å². The van der Waals surface area contributed by atoms with Gasteiger partial charge in [-0.15, -0.1) is 5.10 Å². The number of thioether (sulfide) groups is 1. The topological polar surface area (TPSA) is 91.2 Å². The number of aromatic nitrogens is 4. The molecule has 0 radical (unpaired) electrons. The third-order valence-electron chi connectivity index (χ3n) is 5.83. The van der Waals surface area contributed by atoms with Crippen molar-refractivity contribution >= 4 is 17.7 Å². The molecular formula is C22H31N5O3S. The predicted octanol–water partition coefficient (Wildman–Crippen LogP) is 3.95. The summed E-state index contributed by atoms with van der Waals surface area (Å²) in [6, 6.07) is 6.17. The van der Waals surface area contributed by atoms with Crippen molar-refractivity contribution in [2.75, 3.05) is 19.0 Å². The minimum absolute atomic E-state index is 0.0333. The number of amides is 1. The van der Waals surface area contributed by atoms with Crippen LogP contribution in [0.5, 0.6) is 11.5 Å². The second-order valence-electron chi connectivity index (χ2n) is 8.53. The third kappa shape index (κ3) is 5.50. The van der Waals surface area contributed by atoms with Gasteiger partial charge >= 0.3 is 0 Å². The second-order valence-corrected chi connectivity index (χ2v) is 9.47. The Labute approximate surface area is 187 Å². The van der Waals surface area contributed by atoms with Crippen LogP contribution in [0, 0.1) is 5.92 Å². The first-order chi connectivity index (χ1) is 15.1. The third-order valence-corrected chi connectivity index (χ3v) is 6.76. The van der Waals surface area contributed by atoms with E-state index >= 15 is 0 Å². The molecule has 168 valence electrons. The maximum absolute atomic E-state index is 12.8. The number of benzene rings is 1. The molecule has 0 spiro atoms. The quantitative estimate of drug-likeness (QED) is 0.645. The summed E-state index contributed by atoms with van der Waals surface area (Å²) in [5.74, 6) is 1.98. The molecule has 1 aliphatic heterocycles. The van der Waals surface area contributed by atoms with Crippen molar-refractivity contribution in [3.05, 3.63) is 23.8 Å². The lowest BCUT2D eigenvalue weighted by atomic mass is 9.95. The van der Waals surface area contributed by atoms with Gasteiger partial charge in [0.15, 0.2) is 11.5 Å². The van der Waals surface area contributed by atoms with E-state index in [1.807, 2.05) is 22.9 Å². The Morgan fingerprint density at radius 1 is 1.16 bits per heavy atom. The molecule has 1 aromatic heterocycles. The van der Waals surface area contributed by atoms with Gasteiger partial charge in [0.25, 0.3) is 0 Å². The molecule has 2 aliphatic rings. The van der Waals surface area contributed by atoms with E-state index in [0.717, 1.165) is 41.5 Å². The highest BCUT2D eigenvalue weighted by molar-refractivity contribution is 7.99. The molecule has 1 N–H and O–H groups in total. The van der Waals surface area contributed by atoms with Crippen molar-refractivity contribution in [1.82, 2.24) is 25.5 Å². The molecule has 0 unspecified atom stereocenters. The molecule has 1 aliphatic carbocycles. The van der Waals surface area contributed by atoms with Crippen LogP contribution < -0.4 is 14.8 Å². The highest BCUT2D eigenvalue weighted by Crippen LogP contribution is 2.34. The zero-order chi connectivity index (χ0) is 21.6. The SMILES string of the molecule is CC(C)[C@@H](NC(=O)CSc1nnnn1C1CCCCC1)c1ccc2c(c1)OCCCO2. The van der Waals surface area contributed by atoms with Crippen molar-refractivity contribution < 1.29 is 14.3 Å². The Bertz CT molecular complexity index is 882. The number of carbonyl (C=O) groups is 1. The largest absolute Gasteiger partial charge is 0.490 e. The predicted molar refractivity (Wildman–Crippen MR) is 118 cm³/mol. The molecule has 4 rings (SSSR count). The number of tetrazole rings is 1. The van der Waals surface area contributed by atoms with Gasteiger partial charge in [-0.3, -0.25) is 4.79 Å². The van der Waals surface area contributed by atoms with Crippen molar-refractivity contribution in [1.29, 1.82) is 0 Å². The van der Waals surface area contributed by atoms with E-state index in [4.69, 9.17) is 9.47 Å². The number of rotatable bonds is 7. The molecule has 2 aromatic rings. The van der Waals surface area contributed by atoms with Crippen LogP contribution in [0.3, 0.4) is 0 Å². The maximum atomic E-state index is 12.8. The van der Waals surface area contributed by atoms with Crippen LogP contribution in [-0.2, 0) is 4.79 Å². The second kappa shape index (κ2) is 10.3. The summed E-state index contributed by atoms with van der Waals surface area (Å²) in [5.41, 5.74) is 1.02. The number of carbonyl (C=O) groups excluding carboxylic acids is 1. The van der Waals surface area contributed by atoms with Crippen molar-refractivity contribution in [2.45, 2.75) is 69.6 Å². The number of hydrogen-bond acceptors (Lipinski definition) is 7. The summed E-state index contributed by atoms with van der Waals surface area (Å²) in [6.07, 6.45) is 6.77. The Morgan fingerprint density at radius 3 is 2.71 bits per heavy atom. The van der Waals surface area contributed by atoms with Crippen molar-refractivity contribution in [2.24, 2.45) is 5.92 Å². The smallest absolute Gasteiger partial charge is 0.230 e. The Hall–Kier alpha value is -2.29. The molecule has 1 atom stereocenters. The zero-order valence-electron chi connectivity index (χ0n) is 18.2. The normalized spacial score (nSPS) is 17.9. The Balaban J connectivity index is 1.39. The molecule has 8 nitrogen and oxygen atoms in total. The van der Waals surface area contributed by atoms with Crippen LogP contribution in [-0.4, -0.2) is 45.1 Å². The Kier molecular flexibility index (Phi) is 7.32. The fourth-order valence-electron chi connectivity index (χ4n) is 4.19. The number of hydrogen-bond donors (Lipinski definition) is 1. The molecule has 2 heterocycles. The van der Waals surface area contributed by atoms with Gasteiger partial charge in [-0.1, -0.05) is 50.9 Å². The van der Waals surface area contributed by atoms with Gasteiger partial charge in [-0.25, -0.2) is 4.68 Å². The summed E-state index contributed by atoms with van der Waals surface area (Å²) in [5, 5.41) is 16.1. The van der Waals surface area contributed by atoms with E-state index in [1.165, 1.54) is 31.0 Å². The van der Waals surface area contributed by atoms with E-state index in [2.05, 4.69) is 34.7 Å². The lowest BCUT2D eigenvalue weighted by Crippen LogP contribution is -2.33. The number of nitrogens with one attached hydrogen (secondary N) is 1. The molecule has 0 saturated heterocycles. The van der Waals surface area contributed by atoms with Gasteiger partial charge in [0.2, 0.25) is 11.1 Å². The van der Waals surface area contributed by atoms with Crippen LogP contribution in [0.1, 0.15) is 70.0 Å². The van der Waals surface area contributed by atoms with E-state index < -0.39 is 0 Å². The van der Waals surface area contributed by atoms with Crippen LogP contribution in [0.2, 0.25) is 0 Å². The van der Waals surface area contributed by atoms with Gasteiger partial charge in [0, 0.05) is 6.42 Å². The van der Waals surface area contributed by atoms with Crippen LogP contribution in [0.25, 0.3) is 0 Å². The highest BCUT2D eigenvalue weighted by Gasteiger charge is 2.23. The molecule has 1 saturated carbocycles. The molecule has 9 heteroatoms. The minimum Gasteiger partial charge on any atom is -0.490 e. The first-order valence-electron chi connectivity index (χ1n) is 11.2. The van der Waals surface area contributed by atoms with Gasteiger partial charge in [-0.05, 0) is 46.9 Å². The van der Waals surface area contributed by atoms with E-state index in [1.54, 1.807) is 0 Å². The molecular weight excluding hydrogens is 414 g/mol. The summed E-state index contributed by atoms with van der Waals surface area (Å²) >= 11 is 1.40. The van der Waals surface area contributed by atoms with Gasteiger partial charge in [-0.2, -0.15) is 0 Å². The standard InChI is InChI=1S/C22H31N5O3S/c1-15(2)21(16-9-10-18-19(13-16)30-12-6-11-29-18)23-20(28)14-31-22-24-25-26-27(22)17-7-4-3-5-8-17/h9-10,13,15,17,21H,3-8,11-12,14H2,1-2H3,(H,23,28)/t21-/m1/s1. The lowest BCUT2D eigenvalue weighted by Gasteiger charge is -2.24. The van der Waals surface area contributed by atoms with Gasteiger partial charge in [0.1, 0.15) is 0 Å². The van der Waals surface area contributed by atoms with Crippen molar-refractivity contribution in [3.63, 3.8) is 0 Å². The average Bonchev–Trinajstić information content (AvgIpc) is 3.13. The van der Waals surface area contributed by atoms with E-state index in [0.29, 0.717) is 19.3 Å². The fraction of sp³-hybridized carbons (Fsp3) is 0.636. The molecule has 0 bridgehead atoms. The van der Waals surface area contributed by atoms with Gasteiger partial charge in [0.05, 0.1) is 31.1 Å². The maximum Gasteiger partial charge on any atom is 0.230 e. The fourth-order valence-corrected chi connectivity index (χ4v) is 4.94. The van der Waals surface area contributed by atoms with Crippen LogP contribution in [0.15, 0.2) is 23.4 Å². The zero-order valence-corrected chi connectivity index (χ0v) is 19.1. The van der Waals surface area contributed by atoms with E-state index in [-0.39, 0.29) is 23.6 Å². The summed E-state index contributed by atoms with van der Waals surface area (Å²) in [6.45, 7) is 5.51. The lowest BCUT2D eigenvalue weighted by molar-refractivity contribution is -0.119. The number of fused-ring (bicyclic) bond motifs is 1. The number of nitrogens with zero attached hydrogens (tertiary/aromatic N) is 4. The molecule has 1 amide bonds. The summed E-state index contributed by atoms with van der Waals surface area (Å²) < 4.78 is 13.5. The molecule has 31 heavy (non-hydrogen) atoms. The van der Waals surface area contributed by atoms with Crippen molar-refractivity contribution in [3.8, 4) is 11.5 Å². The van der Waals surface area contributed by atoms with Gasteiger partial charge < -0.3 is 14.8 Å². The summed E-state index contributed by atoms with van der Waals surface area (Å²) in [4.78, 5) is 12.8.